The summed E-state index contributed by atoms with van der Waals surface area (Å²) >= 11 is 0. The molecule has 0 radical (unpaired) electrons. The molecule has 0 bridgehead atoms. The predicted molar refractivity (Wildman–Crippen MR) is 57.3 cm³/mol. The van der Waals surface area contributed by atoms with Gasteiger partial charge in [0.25, 0.3) is 0 Å². The van der Waals surface area contributed by atoms with E-state index in [2.05, 4.69) is 39.0 Å². The van der Waals surface area contributed by atoms with E-state index < -0.39 is 0 Å². The fourth-order valence-electron chi connectivity index (χ4n) is 1.23. The summed E-state index contributed by atoms with van der Waals surface area (Å²) in [6.45, 7) is 6.60. The van der Waals surface area contributed by atoms with Gasteiger partial charge in [-0.3, -0.25) is 0 Å². The fourth-order valence-corrected chi connectivity index (χ4v) is 1.23. The average Bonchev–Trinajstić information content (AvgIpc) is 2.05. The molecule has 0 saturated carbocycles. The molecule has 0 aliphatic rings. The molecule has 0 fully saturated rings. The van der Waals surface area contributed by atoms with Crippen molar-refractivity contribution in [3.8, 4) is 0 Å². The van der Waals surface area contributed by atoms with Gasteiger partial charge >= 0.3 is 0 Å². The fraction of sp³-hybridized carbons (Fsp3) is 0.667. The lowest BCUT2D eigenvalue weighted by Crippen LogP contribution is -1.77. The topological polar surface area (TPSA) is 0 Å². The monoisotopic (exact) mass is 166 g/mol. The van der Waals surface area contributed by atoms with Crippen LogP contribution in [0.4, 0.5) is 0 Å². The molecule has 0 aromatic rings. The van der Waals surface area contributed by atoms with Gasteiger partial charge in [0.05, 0.1) is 0 Å². The minimum atomic E-state index is 1.17. The molecule has 0 aliphatic heterocycles. The summed E-state index contributed by atoms with van der Waals surface area (Å²) in [7, 11) is 0. The van der Waals surface area contributed by atoms with E-state index in [-0.39, 0.29) is 0 Å². The summed E-state index contributed by atoms with van der Waals surface area (Å²) in [5, 5.41) is 0. The Balaban J connectivity index is 3.31. The third kappa shape index (κ3) is 7.59. The molecule has 70 valence electrons. The van der Waals surface area contributed by atoms with E-state index in [0.717, 1.165) is 0 Å². The summed E-state index contributed by atoms with van der Waals surface area (Å²) in [6, 6.07) is 0. The zero-order chi connectivity index (χ0) is 9.23. The van der Waals surface area contributed by atoms with Crippen molar-refractivity contribution in [3.63, 3.8) is 0 Å². The third-order valence-corrected chi connectivity index (χ3v) is 1.90. The molecule has 0 rings (SSSR count). The molecule has 0 atom stereocenters. The third-order valence-electron chi connectivity index (χ3n) is 1.90. The summed E-state index contributed by atoms with van der Waals surface area (Å²) in [4.78, 5) is 0. The van der Waals surface area contributed by atoms with Crippen LogP contribution >= 0.6 is 0 Å². The van der Waals surface area contributed by atoms with Crippen LogP contribution in [0.1, 0.15) is 52.9 Å². The summed E-state index contributed by atoms with van der Waals surface area (Å²) < 4.78 is 0. The molecule has 0 nitrogen and oxygen atoms in total. The zero-order valence-electron chi connectivity index (χ0n) is 8.77. The normalized spacial score (nSPS) is 12.8. The molecule has 0 amide bonds. The Hall–Kier alpha value is -0.520. The number of hydrogen-bond acceptors (Lipinski definition) is 0. The van der Waals surface area contributed by atoms with E-state index in [9.17, 15) is 0 Å². The summed E-state index contributed by atoms with van der Waals surface area (Å²) in [6.07, 6.45) is 13.0. The van der Waals surface area contributed by atoms with Crippen LogP contribution in [0.2, 0.25) is 0 Å². The van der Waals surface area contributed by atoms with Gasteiger partial charge in [0, 0.05) is 0 Å². The number of unbranched alkanes of at least 4 members (excludes halogenated alkanes) is 1. The van der Waals surface area contributed by atoms with Crippen LogP contribution in [0.5, 0.6) is 0 Å². The first-order valence-electron chi connectivity index (χ1n) is 5.11. The highest BCUT2D eigenvalue weighted by Gasteiger charge is 1.87. The molecular weight excluding hydrogens is 144 g/mol. The minimum absolute atomic E-state index is 1.17. The molecule has 0 aromatic heterocycles. The van der Waals surface area contributed by atoms with Gasteiger partial charge in [-0.05, 0) is 39.0 Å². The first-order chi connectivity index (χ1) is 5.81. The molecule has 12 heavy (non-hydrogen) atoms. The Morgan fingerprint density at radius 2 is 1.83 bits per heavy atom. The Morgan fingerprint density at radius 1 is 1.08 bits per heavy atom. The lowest BCUT2D eigenvalue weighted by molar-refractivity contribution is 0.825. The van der Waals surface area contributed by atoms with Crippen molar-refractivity contribution in [2.45, 2.75) is 52.9 Å². The number of allylic oxidation sites excluding steroid dienone is 4. The van der Waals surface area contributed by atoms with Gasteiger partial charge in [-0.15, -0.1) is 0 Å². The van der Waals surface area contributed by atoms with Gasteiger partial charge in [-0.1, -0.05) is 37.6 Å². The van der Waals surface area contributed by atoms with Gasteiger partial charge in [0.15, 0.2) is 0 Å². The predicted octanol–water partition coefficient (Wildman–Crippen LogP) is 4.48. The Labute approximate surface area is 77.4 Å². The van der Waals surface area contributed by atoms with Gasteiger partial charge in [-0.2, -0.15) is 0 Å². The van der Waals surface area contributed by atoms with Crippen molar-refractivity contribution in [2.24, 2.45) is 0 Å². The van der Waals surface area contributed by atoms with Crippen LogP contribution in [0.3, 0.4) is 0 Å². The highest BCUT2D eigenvalue weighted by molar-refractivity contribution is 4.97. The first-order valence-corrected chi connectivity index (χ1v) is 5.11. The smallest absolute Gasteiger partial charge is 0.0320 e. The molecule has 0 heteroatoms. The van der Waals surface area contributed by atoms with Crippen LogP contribution in [-0.2, 0) is 0 Å². The molecule has 0 aliphatic carbocycles. The molecule has 0 N–H and O–H groups in total. The molecule has 0 saturated heterocycles. The van der Waals surface area contributed by atoms with Crippen LogP contribution < -0.4 is 0 Å². The second-order valence-electron chi connectivity index (χ2n) is 3.23. The van der Waals surface area contributed by atoms with Crippen molar-refractivity contribution >= 4 is 0 Å². The lowest BCUT2D eigenvalue weighted by Gasteiger charge is -1.97. The van der Waals surface area contributed by atoms with Gasteiger partial charge in [-0.25, -0.2) is 0 Å². The highest BCUT2D eigenvalue weighted by Crippen LogP contribution is 2.07. The Bertz CT molecular complexity index is 140. The van der Waals surface area contributed by atoms with Crippen molar-refractivity contribution in [2.75, 3.05) is 0 Å². The van der Waals surface area contributed by atoms with Crippen molar-refractivity contribution in [1.29, 1.82) is 0 Å². The summed E-state index contributed by atoms with van der Waals surface area (Å²) in [5.41, 5.74) is 1.54. The minimum Gasteiger partial charge on any atom is -0.0888 e. The first kappa shape index (κ1) is 11.5. The standard InChI is InChI=1S/C12H22/c1-4-6-7-8-9-11-12(3)10-5-2/h6-7,10H,4-5,8-9,11H2,1-3H3. The van der Waals surface area contributed by atoms with Gasteiger partial charge in [0.1, 0.15) is 0 Å². The largest absolute Gasteiger partial charge is 0.0888 e. The van der Waals surface area contributed by atoms with E-state index >= 15 is 0 Å². The average molecular weight is 166 g/mol. The van der Waals surface area contributed by atoms with Crippen LogP contribution in [0.15, 0.2) is 23.8 Å². The second kappa shape index (κ2) is 8.58. The van der Waals surface area contributed by atoms with Crippen LogP contribution in [0, 0.1) is 0 Å². The van der Waals surface area contributed by atoms with E-state index in [1.807, 2.05) is 0 Å². The number of rotatable bonds is 6. The molecule has 0 heterocycles. The van der Waals surface area contributed by atoms with Crippen LogP contribution in [-0.4, -0.2) is 0 Å². The van der Waals surface area contributed by atoms with Crippen molar-refractivity contribution in [1.82, 2.24) is 0 Å². The Kier molecular flexibility index (Phi) is 8.20. The van der Waals surface area contributed by atoms with E-state index in [0.29, 0.717) is 0 Å². The number of hydrogen-bond donors (Lipinski definition) is 0. The van der Waals surface area contributed by atoms with Crippen molar-refractivity contribution < 1.29 is 0 Å². The van der Waals surface area contributed by atoms with E-state index in [1.165, 1.54) is 32.1 Å². The molecule has 0 unspecified atom stereocenters. The maximum Gasteiger partial charge on any atom is -0.0320 e. The van der Waals surface area contributed by atoms with Crippen LogP contribution in [0.25, 0.3) is 0 Å². The molecule has 0 aromatic carbocycles. The maximum atomic E-state index is 2.32. The summed E-state index contributed by atoms with van der Waals surface area (Å²) in [5.74, 6) is 0. The van der Waals surface area contributed by atoms with E-state index in [1.54, 1.807) is 5.57 Å². The quantitative estimate of drug-likeness (QED) is 0.403. The highest BCUT2D eigenvalue weighted by atomic mass is 13.9. The molecular formula is C12H22. The zero-order valence-corrected chi connectivity index (χ0v) is 8.77. The van der Waals surface area contributed by atoms with Gasteiger partial charge < -0.3 is 0 Å². The Morgan fingerprint density at radius 3 is 2.42 bits per heavy atom. The SMILES string of the molecule is CCC=CCCCC(C)=CCC. The lowest BCUT2D eigenvalue weighted by atomic mass is 10.1. The maximum absolute atomic E-state index is 2.32. The second-order valence-corrected chi connectivity index (χ2v) is 3.23. The van der Waals surface area contributed by atoms with Crippen molar-refractivity contribution in [3.05, 3.63) is 23.8 Å². The molecule has 0 spiro atoms. The van der Waals surface area contributed by atoms with Gasteiger partial charge in [0.2, 0.25) is 0 Å². The van der Waals surface area contributed by atoms with E-state index in [4.69, 9.17) is 0 Å².